The van der Waals surface area contributed by atoms with Crippen molar-refractivity contribution in [3.63, 3.8) is 0 Å². The van der Waals surface area contributed by atoms with Gasteiger partial charge in [0.2, 0.25) is 0 Å². The smallest absolute Gasteiger partial charge is 0.410 e. The van der Waals surface area contributed by atoms with E-state index in [9.17, 15) is 14.0 Å². The first-order chi connectivity index (χ1) is 8.08. The fraction of sp³-hybridized carbons (Fsp3) is 0.833. The van der Waals surface area contributed by atoms with E-state index in [4.69, 9.17) is 9.84 Å². The van der Waals surface area contributed by atoms with Crippen LogP contribution in [0.25, 0.3) is 0 Å². The average molecular weight is 263 g/mol. The number of ether oxygens (including phenoxy) is 1. The Hall–Kier alpha value is -1.33. The Balaban J connectivity index is 4.71. The highest BCUT2D eigenvalue weighted by atomic mass is 19.1. The molecule has 0 aromatic heterocycles. The summed E-state index contributed by atoms with van der Waals surface area (Å²) in [4.78, 5) is 23.8. The molecule has 0 aromatic rings. The molecule has 106 valence electrons. The summed E-state index contributed by atoms with van der Waals surface area (Å²) in [6.45, 7) is 6.06. The lowest BCUT2D eigenvalue weighted by Gasteiger charge is -2.29. The predicted molar refractivity (Wildman–Crippen MR) is 65.2 cm³/mol. The molecule has 6 heteroatoms. The van der Waals surface area contributed by atoms with Crippen LogP contribution in [0, 0.1) is 5.92 Å². The highest BCUT2D eigenvalue weighted by molar-refractivity contribution is 5.79. The van der Waals surface area contributed by atoms with Crippen LogP contribution >= 0.6 is 0 Å². The Labute approximate surface area is 107 Å². The van der Waals surface area contributed by atoms with Gasteiger partial charge in [-0.3, -0.25) is 9.29 Å². The number of likely N-dealkylation sites (N-methyl/N-ethyl adjacent to an activating group) is 1. The third-order valence-electron chi connectivity index (χ3n) is 2.32. The lowest BCUT2D eigenvalue weighted by Crippen LogP contribution is -2.45. The number of carboxylic acids is 1. The SMILES string of the molecule is CC(CF)CC(C(=O)O)N(C)C(=O)OC(C)(C)C. The molecule has 0 aromatic carbocycles. The normalized spacial score (nSPS) is 14.8. The molecule has 0 spiro atoms. The number of rotatable bonds is 5. The number of aliphatic carboxylic acids is 1. The molecule has 0 bridgehead atoms. The van der Waals surface area contributed by atoms with Crippen LogP contribution in [0.15, 0.2) is 0 Å². The monoisotopic (exact) mass is 263 g/mol. The minimum absolute atomic E-state index is 0.0571. The maximum Gasteiger partial charge on any atom is 0.410 e. The quantitative estimate of drug-likeness (QED) is 0.826. The molecule has 0 rings (SSSR count). The van der Waals surface area contributed by atoms with Gasteiger partial charge in [-0.2, -0.15) is 0 Å². The largest absolute Gasteiger partial charge is 0.480 e. The molecule has 0 fully saturated rings. The molecule has 2 unspecified atom stereocenters. The van der Waals surface area contributed by atoms with E-state index in [1.165, 1.54) is 7.05 Å². The molecular formula is C12H22FNO4. The summed E-state index contributed by atoms with van der Waals surface area (Å²) >= 11 is 0. The Kier molecular flexibility index (Phi) is 6.08. The van der Waals surface area contributed by atoms with Gasteiger partial charge in [0.1, 0.15) is 11.6 Å². The first-order valence-electron chi connectivity index (χ1n) is 5.83. The Bertz CT molecular complexity index is 301. The van der Waals surface area contributed by atoms with Gasteiger partial charge >= 0.3 is 12.1 Å². The Morgan fingerprint density at radius 1 is 1.39 bits per heavy atom. The van der Waals surface area contributed by atoms with Crippen molar-refractivity contribution in [3.05, 3.63) is 0 Å². The molecule has 1 amide bonds. The van der Waals surface area contributed by atoms with Crippen LogP contribution in [0.4, 0.5) is 9.18 Å². The molecule has 0 aliphatic rings. The zero-order valence-electron chi connectivity index (χ0n) is 11.6. The number of nitrogens with zero attached hydrogens (tertiary/aromatic N) is 1. The van der Waals surface area contributed by atoms with Gasteiger partial charge < -0.3 is 9.84 Å². The summed E-state index contributed by atoms with van der Waals surface area (Å²) in [6.07, 6.45) is -0.664. The van der Waals surface area contributed by atoms with Gasteiger partial charge in [0, 0.05) is 7.05 Å². The van der Waals surface area contributed by atoms with Gasteiger partial charge in [-0.1, -0.05) is 6.92 Å². The Morgan fingerprint density at radius 3 is 2.22 bits per heavy atom. The molecule has 0 heterocycles. The number of hydrogen-bond acceptors (Lipinski definition) is 3. The van der Waals surface area contributed by atoms with Crippen LogP contribution < -0.4 is 0 Å². The second kappa shape index (κ2) is 6.56. The standard InChI is InChI=1S/C12H22FNO4/c1-8(7-13)6-9(10(15)16)14(5)11(17)18-12(2,3)4/h8-9H,6-7H2,1-5H3,(H,15,16). The second-order valence-electron chi connectivity index (χ2n) is 5.44. The van der Waals surface area contributed by atoms with Crippen molar-refractivity contribution in [1.82, 2.24) is 4.90 Å². The Morgan fingerprint density at radius 2 is 1.89 bits per heavy atom. The summed E-state index contributed by atoms with van der Waals surface area (Å²) in [5.41, 5.74) is -0.694. The number of amides is 1. The van der Waals surface area contributed by atoms with E-state index in [1.54, 1.807) is 27.7 Å². The molecule has 5 nitrogen and oxygen atoms in total. The molecule has 18 heavy (non-hydrogen) atoms. The minimum Gasteiger partial charge on any atom is -0.480 e. The molecule has 2 atom stereocenters. The van der Waals surface area contributed by atoms with Crippen LogP contribution in [0.1, 0.15) is 34.1 Å². The fourth-order valence-electron chi connectivity index (χ4n) is 1.33. The third-order valence-corrected chi connectivity index (χ3v) is 2.32. The number of carbonyl (C=O) groups excluding carboxylic acids is 1. The van der Waals surface area contributed by atoms with E-state index in [1.807, 2.05) is 0 Å². The van der Waals surface area contributed by atoms with Crippen molar-refractivity contribution in [1.29, 1.82) is 0 Å². The zero-order valence-corrected chi connectivity index (χ0v) is 11.6. The summed E-state index contributed by atoms with van der Waals surface area (Å²) in [5.74, 6) is -1.58. The van der Waals surface area contributed by atoms with E-state index >= 15 is 0 Å². The molecule has 0 aliphatic heterocycles. The highest BCUT2D eigenvalue weighted by Gasteiger charge is 2.31. The number of carboxylic acid groups (broad SMARTS) is 1. The van der Waals surface area contributed by atoms with Crippen LogP contribution in [-0.2, 0) is 9.53 Å². The van der Waals surface area contributed by atoms with Crippen LogP contribution in [0.3, 0.4) is 0 Å². The fourth-order valence-corrected chi connectivity index (χ4v) is 1.33. The van der Waals surface area contributed by atoms with Crippen molar-refractivity contribution in [2.24, 2.45) is 5.92 Å². The van der Waals surface area contributed by atoms with Crippen molar-refractivity contribution in [2.75, 3.05) is 13.7 Å². The molecule has 1 N–H and O–H groups in total. The first-order valence-corrected chi connectivity index (χ1v) is 5.83. The van der Waals surface area contributed by atoms with Crippen molar-refractivity contribution < 1.29 is 23.8 Å². The van der Waals surface area contributed by atoms with E-state index in [-0.39, 0.29) is 6.42 Å². The molecule has 0 radical (unpaired) electrons. The van der Waals surface area contributed by atoms with E-state index in [2.05, 4.69) is 0 Å². The van der Waals surface area contributed by atoms with Crippen molar-refractivity contribution >= 4 is 12.1 Å². The minimum atomic E-state index is -1.16. The lowest BCUT2D eigenvalue weighted by atomic mass is 10.0. The number of halogens is 1. The van der Waals surface area contributed by atoms with E-state index < -0.39 is 36.3 Å². The molecule has 0 saturated carbocycles. The summed E-state index contributed by atoms with van der Waals surface area (Å²) in [5, 5.41) is 9.06. The van der Waals surface area contributed by atoms with Crippen molar-refractivity contribution in [2.45, 2.75) is 45.8 Å². The van der Waals surface area contributed by atoms with Crippen LogP contribution in [-0.4, -0.2) is 47.4 Å². The molecule has 0 saturated heterocycles. The topological polar surface area (TPSA) is 66.8 Å². The van der Waals surface area contributed by atoms with Gasteiger partial charge in [-0.25, -0.2) is 9.59 Å². The second-order valence-corrected chi connectivity index (χ2v) is 5.44. The highest BCUT2D eigenvalue weighted by Crippen LogP contribution is 2.15. The van der Waals surface area contributed by atoms with Gasteiger partial charge in [0.15, 0.2) is 0 Å². The van der Waals surface area contributed by atoms with Crippen LogP contribution in [0.2, 0.25) is 0 Å². The summed E-state index contributed by atoms with van der Waals surface area (Å²) in [7, 11) is 1.35. The molecular weight excluding hydrogens is 241 g/mol. The maximum atomic E-state index is 12.4. The number of alkyl halides is 1. The lowest BCUT2D eigenvalue weighted by molar-refractivity contribution is -0.143. The van der Waals surface area contributed by atoms with Crippen molar-refractivity contribution in [3.8, 4) is 0 Å². The van der Waals surface area contributed by atoms with Gasteiger partial charge in [-0.15, -0.1) is 0 Å². The summed E-state index contributed by atoms with van der Waals surface area (Å²) < 4.78 is 17.5. The van der Waals surface area contributed by atoms with Crippen LogP contribution in [0.5, 0.6) is 0 Å². The van der Waals surface area contributed by atoms with E-state index in [0.717, 1.165) is 4.90 Å². The zero-order chi connectivity index (χ0) is 14.5. The predicted octanol–water partition coefficient (Wildman–Crippen LogP) is 2.30. The van der Waals surface area contributed by atoms with Gasteiger partial charge in [0.05, 0.1) is 6.67 Å². The maximum absolute atomic E-state index is 12.4. The van der Waals surface area contributed by atoms with Gasteiger partial charge in [0.25, 0.3) is 0 Å². The number of carbonyl (C=O) groups is 2. The average Bonchev–Trinajstić information content (AvgIpc) is 2.21. The van der Waals surface area contributed by atoms with Gasteiger partial charge in [-0.05, 0) is 33.1 Å². The number of hydrogen-bond donors (Lipinski definition) is 1. The summed E-state index contributed by atoms with van der Waals surface area (Å²) in [6, 6.07) is -1.08. The third kappa shape index (κ3) is 5.84. The van der Waals surface area contributed by atoms with E-state index in [0.29, 0.717) is 0 Å². The first kappa shape index (κ1) is 16.7. The molecule has 0 aliphatic carbocycles.